The Morgan fingerprint density at radius 2 is 2.09 bits per heavy atom. The largest absolute Gasteiger partial charge is 0.302 e. The van der Waals surface area contributed by atoms with Gasteiger partial charge in [-0.25, -0.2) is 9.79 Å². The SMILES string of the molecule is CCCN(CC)CCN=C=O. The molecule has 0 aromatic carbocycles. The fourth-order valence-electron chi connectivity index (χ4n) is 0.981. The van der Waals surface area contributed by atoms with Gasteiger partial charge in [0.2, 0.25) is 6.08 Å². The van der Waals surface area contributed by atoms with Crippen molar-refractivity contribution in [3.8, 4) is 0 Å². The predicted octanol–water partition coefficient (Wildman–Crippen LogP) is 1.05. The zero-order valence-corrected chi connectivity index (χ0v) is 7.34. The molecule has 0 saturated carbocycles. The van der Waals surface area contributed by atoms with Crippen LogP contribution in [0.25, 0.3) is 0 Å². The second-order valence-electron chi connectivity index (χ2n) is 2.41. The van der Waals surface area contributed by atoms with Gasteiger partial charge in [-0.15, -0.1) is 0 Å². The second kappa shape index (κ2) is 7.45. The second-order valence-corrected chi connectivity index (χ2v) is 2.41. The summed E-state index contributed by atoms with van der Waals surface area (Å²) in [6.07, 6.45) is 2.69. The molecule has 0 unspecified atom stereocenters. The van der Waals surface area contributed by atoms with Crippen LogP contribution in [0, 0.1) is 0 Å². The maximum absolute atomic E-state index is 9.72. The normalized spacial score (nSPS) is 9.73. The lowest BCUT2D eigenvalue weighted by atomic mass is 10.4. The molecule has 0 rings (SSSR count). The number of hydrogen-bond acceptors (Lipinski definition) is 3. The summed E-state index contributed by atoms with van der Waals surface area (Å²) in [7, 11) is 0. The summed E-state index contributed by atoms with van der Waals surface area (Å²) in [6.45, 7) is 7.83. The molecule has 0 spiro atoms. The zero-order chi connectivity index (χ0) is 8.53. The van der Waals surface area contributed by atoms with Crippen LogP contribution >= 0.6 is 0 Å². The summed E-state index contributed by atoms with van der Waals surface area (Å²) in [4.78, 5) is 15.5. The number of carbonyl (C=O) groups excluding carboxylic acids is 1. The van der Waals surface area contributed by atoms with Crippen LogP contribution in [-0.2, 0) is 4.79 Å². The van der Waals surface area contributed by atoms with Crippen LogP contribution in [0.2, 0.25) is 0 Å². The first-order valence-corrected chi connectivity index (χ1v) is 4.11. The van der Waals surface area contributed by atoms with E-state index >= 15 is 0 Å². The molecule has 64 valence electrons. The van der Waals surface area contributed by atoms with Crippen molar-refractivity contribution >= 4 is 6.08 Å². The van der Waals surface area contributed by atoms with E-state index in [1.807, 2.05) is 0 Å². The van der Waals surface area contributed by atoms with E-state index in [1.54, 1.807) is 0 Å². The Bertz CT molecular complexity index is 130. The lowest BCUT2D eigenvalue weighted by Gasteiger charge is -2.17. The van der Waals surface area contributed by atoms with Gasteiger partial charge in [0, 0.05) is 6.54 Å². The Kier molecular flexibility index (Phi) is 7.00. The van der Waals surface area contributed by atoms with Crippen LogP contribution in [0.3, 0.4) is 0 Å². The minimum atomic E-state index is 0.581. The van der Waals surface area contributed by atoms with Crippen LogP contribution in [-0.4, -0.2) is 37.2 Å². The molecule has 0 aliphatic heterocycles. The van der Waals surface area contributed by atoms with Crippen LogP contribution in [0.4, 0.5) is 0 Å². The smallest absolute Gasteiger partial charge is 0.234 e. The van der Waals surface area contributed by atoms with Crippen molar-refractivity contribution in [2.75, 3.05) is 26.2 Å². The first-order valence-electron chi connectivity index (χ1n) is 4.11. The van der Waals surface area contributed by atoms with Gasteiger partial charge in [-0.1, -0.05) is 13.8 Å². The molecule has 0 aliphatic rings. The van der Waals surface area contributed by atoms with Gasteiger partial charge < -0.3 is 4.90 Å². The number of isocyanates is 1. The lowest BCUT2D eigenvalue weighted by Crippen LogP contribution is -2.26. The highest BCUT2D eigenvalue weighted by Crippen LogP contribution is 1.89. The Hall–Kier alpha value is -0.660. The summed E-state index contributed by atoms with van der Waals surface area (Å²) in [5, 5.41) is 0. The fourth-order valence-corrected chi connectivity index (χ4v) is 0.981. The average Bonchev–Trinajstić information content (AvgIpc) is 2.03. The Labute approximate surface area is 68.1 Å². The summed E-state index contributed by atoms with van der Waals surface area (Å²) >= 11 is 0. The average molecular weight is 156 g/mol. The van der Waals surface area contributed by atoms with E-state index in [-0.39, 0.29) is 0 Å². The van der Waals surface area contributed by atoms with Crippen LogP contribution in [0.1, 0.15) is 20.3 Å². The molecule has 0 amide bonds. The molecule has 11 heavy (non-hydrogen) atoms. The number of nitrogens with zero attached hydrogens (tertiary/aromatic N) is 2. The molecule has 0 fully saturated rings. The molecule has 0 bridgehead atoms. The maximum atomic E-state index is 9.72. The van der Waals surface area contributed by atoms with Gasteiger partial charge in [0.15, 0.2) is 0 Å². The lowest BCUT2D eigenvalue weighted by molar-refractivity contribution is 0.297. The Morgan fingerprint density at radius 3 is 2.55 bits per heavy atom. The standard InChI is InChI=1S/C8H16N2O/c1-3-6-10(4-2)7-5-9-8-11/h3-7H2,1-2H3. The molecule has 0 aromatic rings. The van der Waals surface area contributed by atoms with Gasteiger partial charge in [-0.05, 0) is 19.5 Å². The van der Waals surface area contributed by atoms with Gasteiger partial charge in [0.05, 0.1) is 6.54 Å². The first-order chi connectivity index (χ1) is 5.35. The van der Waals surface area contributed by atoms with Crippen LogP contribution in [0.15, 0.2) is 4.99 Å². The zero-order valence-electron chi connectivity index (χ0n) is 7.34. The van der Waals surface area contributed by atoms with Gasteiger partial charge in [-0.2, -0.15) is 0 Å². The molecule has 0 N–H and O–H groups in total. The van der Waals surface area contributed by atoms with Crippen molar-refractivity contribution in [1.29, 1.82) is 0 Å². The predicted molar refractivity (Wildman–Crippen MR) is 45.4 cm³/mol. The highest BCUT2D eigenvalue weighted by molar-refractivity contribution is 5.32. The monoisotopic (exact) mass is 156 g/mol. The molecule has 3 heteroatoms. The Morgan fingerprint density at radius 1 is 1.36 bits per heavy atom. The van der Waals surface area contributed by atoms with E-state index in [2.05, 4.69) is 23.7 Å². The van der Waals surface area contributed by atoms with Crippen molar-refractivity contribution in [3.63, 3.8) is 0 Å². The third-order valence-corrected chi connectivity index (χ3v) is 1.58. The first kappa shape index (κ1) is 10.3. The van der Waals surface area contributed by atoms with Gasteiger partial charge >= 0.3 is 0 Å². The Balaban J connectivity index is 3.42. The fraction of sp³-hybridized carbons (Fsp3) is 0.875. The van der Waals surface area contributed by atoms with Gasteiger partial charge in [0.1, 0.15) is 0 Å². The quantitative estimate of drug-likeness (QED) is 0.425. The van der Waals surface area contributed by atoms with E-state index in [9.17, 15) is 4.79 Å². The minimum Gasteiger partial charge on any atom is -0.302 e. The molecule has 0 aliphatic carbocycles. The van der Waals surface area contributed by atoms with Crippen LogP contribution < -0.4 is 0 Å². The number of aliphatic imine (C=N–C) groups is 1. The third-order valence-electron chi connectivity index (χ3n) is 1.58. The highest BCUT2D eigenvalue weighted by atomic mass is 16.1. The molecular weight excluding hydrogens is 140 g/mol. The summed E-state index contributed by atoms with van der Waals surface area (Å²) in [6, 6.07) is 0. The van der Waals surface area contributed by atoms with E-state index in [0.717, 1.165) is 26.1 Å². The van der Waals surface area contributed by atoms with Crippen molar-refractivity contribution in [2.45, 2.75) is 20.3 Å². The van der Waals surface area contributed by atoms with Crippen molar-refractivity contribution in [2.24, 2.45) is 4.99 Å². The molecule has 0 aromatic heterocycles. The topological polar surface area (TPSA) is 32.7 Å². The minimum absolute atomic E-state index is 0.581. The third kappa shape index (κ3) is 5.77. The van der Waals surface area contributed by atoms with E-state index in [4.69, 9.17) is 0 Å². The van der Waals surface area contributed by atoms with E-state index in [0.29, 0.717) is 6.54 Å². The number of likely N-dealkylation sites (N-methyl/N-ethyl adjacent to an activating group) is 1. The molecule has 0 heterocycles. The van der Waals surface area contributed by atoms with Crippen molar-refractivity contribution < 1.29 is 4.79 Å². The molecule has 0 saturated heterocycles. The maximum Gasteiger partial charge on any atom is 0.234 e. The number of hydrogen-bond donors (Lipinski definition) is 0. The van der Waals surface area contributed by atoms with Gasteiger partial charge in [-0.3, -0.25) is 0 Å². The van der Waals surface area contributed by atoms with Crippen molar-refractivity contribution in [3.05, 3.63) is 0 Å². The molecular formula is C8H16N2O. The van der Waals surface area contributed by atoms with Crippen LogP contribution in [0.5, 0.6) is 0 Å². The summed E-state index contributed by atoms with van der Waals surface area (Å²) in [5.74, 6) is 0. The van der Waals surface area contributed by atoms with Gasteiger partial charge in [0.25, 0.3) is 0 Å². The van der Waals surface area contributed by atoms with E-state index < -0.39 is 0 Å². The van der Waals surface area contributed by atoms with Crippen molar-refractivity contribution in [1.82, 2.24) is 4.90 Å². The number of rotatable bonds is 6. The molecule has 0 radical (unpaired) electrons. The molecule has 3 nitrogen and oxygen atoms in total. The summed E-state index contributed by atoms with van der Waals surface area (Å²) < 4.78 is 0. The highest BCUT2D eigenvalue weighted by Gasteiger charge is 1.97. The summed E-state index contributed by atoms with van der Waals surface area (Å²) in [5.41, 5.74) is 0. The molecule has 0 atom stereocenters. The van der Waals surface area contributed by atoms with E-state index in [1.165, 1.54) is 6.08 Å².